The molecule has 2 rings (SSSR count). The molecular formula is C14H22O5S. The minimum Gasteiger partial charge on any atom is -0.481 e. The van der Waals surface area contributed by atoms with Gasteiger partial charge in [0.2, 0.25) is 0 Å². The van der Waals surface area contributed by atoms with E-state index in [0.717, 1.165) is 30.8 Å². The van der Waals surface area contributed by atoms with Gasteiger partial charge in [0, 0.05) is 5.75 Å². The number of aliphatic carboxylic acids is 1. The highest BCUT2D eigenvalue weighted by atomic mass is 32.2. The summed E-state index contributed by atoms with van der Waals surface area (Å²) in [6.07, 6.45) is 3.25. The molecule has 20 heavy (non-hydrogen) atoms. The van der Waals surface area contributed by atoms with Gasteiger partial charge in [0.15, 0.2) is 0 Å². The lowest BCUT2D eigenvalue weighted by molar-refractivity contribution is -0.157. The second-order valence-corrected chi connectivity index (χ2v) is 6.54. The first-order valence-corrected chi connectivity index (χ1v) is 8.43. The molecule has 0 radical (unpaired) electrons. The van der Waals surface area contributed by atoms with Crippen LogP contribution in [0.4, 0.5) is 0 Å². The van der Waals surface area contributed by atoms with Crippen LogP contribution in [0.15, 0.2) is 0 Å². The lowest BCUT2D eigenvalue weighted by Gasteiger charge is -2.23. The van der Waals surface area contributed by atoms with E-state index >= 15 is 0 Å². The number of carboxylic acid groups (broad SMARTS) is 1. The number of thioether (sulfide) groups is 1. The fourth-order valence-electron chi connectivity index (χ4n) is 2.94. The Morgan fingerprint density at radius 1 is 1.25 bits per heavy atom. The van der Waals surface area contributed by atoms with Crippen LogP contribution in [-0.4, -0.2) is 47.4 Å². The molecule has 0 aromatic rings. The average molecular weight is 302 g/mol. The summed E-state index contributed by atoms with van der Waals surface area (Å²) >= 11 is 1.76. The predicted octanol–water partition coefficient (Wildman–Crippen LogP) is 1.94. The first-order chi connectivity index (χ1) is 9.65. The molecular weight excluding hydrogens is 280 g/mol. The van der Waals surface area contributed by atoms with Gasteiger partial charge in [-0.1, -0.05) is 13.3 Å². The molecule has 0 spiro atoms. The predicted molar refractivity (Wildman–Crippen MR) is 75.7 cm³/mol. The molecule has 2 aliphatic heterocycles. The Balaban J connectivity index is 1.75. The second-order valence-electron chi connectivity index (χ2n) is 5.31. The number of carboxylic acids is 1. The lowest BCUT2D eigenvalue weighted by Crippen LogP contribution is -2.39. The number of esters is 1. The molecule has 5 nitrogen and oxygen atoms in total. The van der Waals surface area contributed by atoms with E-state index in [9.17, 15) is 14.7 Å². The molecule has 114 valence electrons. The number of fused-ring (bicyclic) bond motifs is 2. The zero-order valence-electron chi connectivity index (χ0n) is 11.7. The normalized spacial score (nSPS) is 31.4. The molecule has 0 aromatic carbocycles. The summed E-state index contributed by atoms with van der Waals surface area (Å²) in [6.45, 7) is 2.50. The Morgan fingerprint density at radius 2 is 1.95 bits per heavy atom. The molecule has 1 N–H and O–H groups in total. The van der Waals surface area contributed by atoms with Gasteiger partial charge in [0.1, 0.15) is 6.61 Å². The zero-order chi connectivity index (χ0) is 14.5. The minimum absolute atomic E-state index is 0.263. The quantitative estimate of drug-likeness (QED) is 0.546. The monoisotopic (exact) mass is 302 g/mol. The van der Waals surface area contributed by atoms with Gasteiger partial charge >= 0.3 is 11.9 Å². The van der Waals surface area contributed by atoms with E-state index in [1.807, 2.05) is 0 Å². The fourth-order valence-corrected chi connectivity index (χ4v) is 3.84. The van der Waals surface area contributed by atoms with Gasteiger partial charge in [0.25, 0.3) is 0 Å². The van der Waals surface area contributed by atoms with Crippen molar-refractivity contribution < 1.29 is 24.2 Å². The van der Waals surface area contributed by atoms with E-state index < -0.39 is 23.8 Å². The van der Waals surface area contributed by atoms with Gasteiger partial charge < -0.3 is 14.6 Å². The highest BCUT2D eigenvalue weighted by molar-refractivity contribution is 7.99. The van der Waals surface area contributed by atoms with E-state index in [0.29, 0.717) is 6.61 Å². The molecule has 2 bridgehead atoms. The second kappa shape index (κ2) is 7.31. The van der Waals surface area contributed by atoms with Gasteiger partial charge in [0.05, 0.1) is 24.0 Å². The van der Waals surface area contributed by atoms with Crippen molar-refractivity contribution in [3.05, 3.63) is 0 Å². The van der Waals surface area contributed by atoms with Crippen molar-refractivity contribution in [1.29, 1.82) is 0 Å². The number of unbranched alkanes of at least 4 members (excludes halogenated alkanes) is 1. The van der Waals surface area contributed by atoms with Crippen LogP contribution in [0.1, 0.15) is 32.6 Å². The standard InChI is InChI=1S/C14H22O5S/c1-2-3-7-20-8-6-18-14(17)12-10-5-4-9(19-10)11(12)13(15)16/h9-12H,2-8H2,1H3,(H,15,16)/t9-,10+,11-,12-/m0/s1. The van der Waals surface area contributed by atoms with Crippen molar-refractivity contribution in [3.8, 4) is 0 Å². The molecule has 0 amide bonds. The number of ether oxygens (including phenoxy) is 2. The minimum atomic E-state index is -0.948. The van der Waals surface area contributed by atoms with E-state index in [1.165, 1.54) is 6.42 Å². The Labute approximate surface area is 123 Å². The Morgan fingerprint density at radius 3 is 2.60 bits per heavy atom. The van der Waals surface area contributed by atoms with E-state index in [4.69, 9.17) is 9.47 Å². The molecule has 6 heteroatoms. The van der Waals surface area contributed by atoms with Crippen LogP contribution in [-0.2, 0) is 19.1 Å². The van der Waals surface area contributed by atoms with E-state index in [-0.39, 0.29) is 12.2 Å². The maximum absolute atomic E-state index is 12.1. The maximum atomic E-state index is 12.1. The van der Waals surface area contributed by atoms with E-state index in [1.54, 1.807) is 11.8 Å². The summed E-state index contributed by atoms with van der Waals surface area (Å²) in [5.74, 6) is -0.855. The Kier molecular flexibility index (Phi) is 5.72. The average Bonchev–Trinajstić information content (AvgIpc) is 3.02. The highest BCUT2D eigenvalue weighted by Gasteiger charge is 2.56. The van der Waals surface area contributed by atoms with Crippen molar-refractivity contribution in [2.75, 3.05) is 18.1 Å². The number of carbonyl (C=O) groups excluding carboxylic acids is 1. The largest absolute Gasteiger partial charge is 0.481 e. The van der Waals surface area contributed by atoms with Gasteiger partial charge in [-0.2, -0.15) is 11.8 Å². The molecule has 0 aromatic heterocycles. The van der Waals surface area contributed by atoms with Crippen LogP contribution in [0, 0.1) is 11.8 Å². The third-order valence-corrected chi connectivity index (χ3v) is 4.98. The van der Waals surface area contributed by atoms with Crippen molar-refractivity contribution in [2.24, 2.45) is 11.8 Å². The van der Waals surface area contributed by atoms with Crippen LogP contribution in [0.5, 0.6) is 0 Å². The third-order valence-electron chi connectivity index (χ3n) is 3.94. The van der Waals surface area contributed by atoms with Crippen molar-refractivity contribution >= 4 is 23.7 Å². The summed E-state index contributed by atoms with van der Waals surface area (Å²) in [5.41, 5.74) is 0. The summed E-state index contributed by atoms with van der Waals surface area (Å²) < 4.78 is 10.8. The smallest absolute Gasteiger partial charge is 0.312 e. The number of carbonyl (C=O) groups is 2. The van der Waals surface area contributed by atoms with Crippen molar-refractivity contribution in [3.63, 3.8) is 0 Å². The van der Waals surface area contributed by atoms with Gasteiger partial charge in [-0.15, -0.1) is 0 Å². The molecule has 2 heterocycles. The SMILES string of the molecule is CCCCSCCOC(=O)[C@@H]1[C@@H](C(=O)O)[C@@H]2CC[C@H]1O2. The maximum Gasteiger partial charge on any atom is 0.312 e. The number of hydrogen-bond acceptors (Lipinski definition) is 5. The molecule has 2 fully saturated rings. The topological polar surface area (TPSA) is 72.8 Å². The first-order valence-electron chi connectivity index (χ1n) is 7.27. The highest BCUT2D eigenvalue weighted by Crippen LogP contribution is 2.44. The zero-order valence-corrected chi connectivity index (χ0v) is 12.6. The van der Waals surface area contributed by atoms with Gasteiger partial charge in [-0.05, 0) is 25.0 Å². The Bertz CT molecular complexity index is 359. The lowest BCUT2D eigenvalue weighted by atomic mass is 9.79. The van der Waals surface area contributed by atoms with Crippen molar-refractivity contribution in [2.45, 2.75) is 44.8 Å². The van der Waals surface area contributed by atoms with Crippen LogP contribution in [0.25, 0.3) is 0 Å². The van der Waals surface area contributed by atoms with Gasteiger partial charge in [-0.3, -0.25) is 9.59 Å². The third kappa shape index (κ3) is 3.47. The van der Waals surface area contributed by atoms with E-state index in [2.05, 4.69) is 6.92 Å². The summed E-state index contributed by atoms with van der Waals surface area (Å²) in [7, 11) is 0. The molecule has 0 saturated carbocycles. The van der Waals surface area contributed by atoms with Gasteiger partial charge in [-0.25, -0.2) is 0 Å². The van der Waals surface area contributed by atoms with Crippen molar-refractivity contribution in [1.82, 2.24) is 0 Å². The number of hydrogen-bond donors (Lipinski definition) is 1. The first kappa shape index (κ1) is 15.6. The summed E-state index contributed by atoms with van der Waals surface area (Å²) in [5, 5.41) is 9.23. The Hall–Kier alpha value is -0.750. The van der Waals surface area contributed by atoms with Crippen LogP contribution >= 0.6 is 11.8 Å². The molecule has 0 aliphatic carbocycles. The fraction of sp³-hybridized carbons (Fsp3) is 0.857. The molecule has 4 atom stereocenters. The summed E-state index contributed by atoms with van der Waals surface area (Å²) in [4.78, 5) is 23.3. The van der Waals surface area contributed by atoms with Crippen LogP contribution in [0.3, 0.4) is 0 Å². The number of rotatable bonds is 8. The molecule has 0 unspecified atom stereocenters. The van der Waals surface area contributed by atoms with Crippen LogP contribution < -0.4 is 0 Å². The molecule has 2 aliphatic rings. The molecule has 2 saturated heterocycles. The summed E-state index contributed by atoms with van der Waals surface area (Å²) in [6, 6.07) is 0. The van der Waals surface area contributed by atoms with Crippen LogP contribution in [0.2, 0.25) is 0 Å².